The highest BCUT2D eigenvalue weighted by atomic mass is 19.4. The third kappa shape index (κ3) is 2.45. The summed E-state index contributed by atoms with van der Waals surface area (Å²) in [5.74, 6) is -1.09. The lowest BCUT2D eigenvalue weighted by atomic mass is 10.1. The number of rotatable bonds is 1. The molecule has 1 rings (SSSR count). The molecule has 0 atom stereocenters. The number of alkyl halides is 3. The SMILES string of the molecule is COC(=O)c1nc(C)ccc1C(F)(F)F. The van der Waals surface area contributed by atoms with Gasteiger partial charge in [-0.1, -0.05) is 0 Å². The predicted octanol–water partition coefficient (Wildman–Crippen LogP) is 2.20. The predicted molar refractivity (Wildman–Crippen MR) is 45.3 cm³/mol. The minimum absolute atomic E-state index is 0.323. The maximum atomic E-state index is 12.4. The molecule has 0 aromatic carbocycles. The van der Waals surface area contributed by atoms with E-state index >= 15 is 0 Å². The van der Waals surface area contributed by atoms with Crippen molar-refractivity contribution in [2.24, 2.45) is 0 Å². The van der Waals surface area contributed by atoms with Crippen LogP contribution in [0.1, 0.15) is 21.7 Å². The molecule has 0 aliphatic rings. The fourth-order valence-electron chi connectivity index (χ4n) is 1.04. The summed E-state index contributed by atoms with van der Waals surface area (Å²) in [7, 11) is 1.01. The Balaban J connectivity index is 3.33. The van der Waals surface area contributed by atoms with E-state index in [0.29, 0.717) is 5.69 Å². The Morgan fingerprint density at radius 2 is 2.00 bits per heavy atom. The fourth-order valence-corrected chi connectivity index (χ4v) is 1.04. The first-order valence-electron chi connectivity index (χ1n) is 3.99. The molecule has 0 bridgehead atoms. The van der Waals surface area contributed by atoms with Crippen molar-refractivity contribution >= 4 is 5.97 Å². The Labute approximate surface area is 83.9 Å². The van der Waals surface area contributed by atoms with E-state index in [1.807, 2.05) is 0 Å². The van der Waals surface area contributed by atoms with Crippen LogP contribution in [0.5, 0.6) is 0 Å². The summed E-state index contributed by atoms with van der Waals surface area (Å²) in [6.45, 7) is 1.49. The molecule has 0 spiro atoms. The molecule has 82 valence electrons. The van der Waals surface area contributed by atoms with Gasteiger partial charge in [0.2, 0.25) is 0 Å². The van der Waals surface area contributed by atoms with Gasteiger partial charge in [0.25, 0.3) is 0 Å². The molecule has 3 nitrogen and oxygen atoms in total. The minimum atomic E-state index is -4.61. The van der Waals surface area contributed by atoms with Gasteiger partial charge in [0.1, 0.15) is 0 Å². The zero-order valence-corrected chi connectivity index (χ0v) is 8.05. The lowest BCUT2D eigenvalue weighted by Gasteiger charge is -2.10. The van der Waals surface area contributed by atoms with E-state index < -0.39 is 23.4 Å². The van der Waals surface area contributed by atoms with Crippen molar-refractivity contribution in [2.75, 3.05) is 7.11 Å². The maximum Gasteiger partial charge on any atom is 0.418 e. The van der Waals surface area contributed by atoms with Gasteiger partial charge in [0.15, 0.2) is 5.69 Å². The number of carbonyl (C=O) groups is 1. The van der Waals surface area contributed by atoms with Crippen LogP contribution in [-0.4, -0.2) is 18.1 Å². The molecule has 0 radical (unpaired) electrons. The average Bonchev–Trinajstić information content (AvgIpc) is 2.14. The number of carbonyl (C=O) groups excluding carboxylic acids is 1. The monoisotopic (exact) mass is 219 g/mol. The van der Waals surface area contributed by atoms with Crippen LogP contribution in [0.25, 0.3) is 0 Å². The normalized spacial score (nSPS) is 11.3. The van der Waals surface area contributed by atoms with Crippen molar-refractivity contribution in [1.82, 2.24) is 4.98 Å². The number of hydrogen-bond acceptors (Lipinski definition) is 3. The van der Waals surface area contributed by atoms with Crippen LogP contribution in [0.15, 0.2) is 12.1 Å². The van der Waals surface area contributed by atoms with Gasteiger partial charge in [-0.3, -0.25) is 0 Å². The molecule has 0 amide bonds. The summed E-state index contributed by atoms with van der Waals surface area (Å²) < 4.78 is 41.5. The Kier molecular flexibility index (Phi) is 2.97. The number of methoxy groups -OCH3 is 1. The van der Waals surface area contributed by atoms with Gasteiger partial charge in [-0.05, 0) is 19.1 Å². The van der Waals surface area contributed by atoms with Gasteiger partial charge in [-0.25, -0.2) is 9.78 Å². The van der Waals surface area contributed by atoms with Gasteiger partial charge in [-0.15, -0.1) is 0 Å². The van der Waals surface area contributed by atoms with Crippen LogP contribution < -0.4 is 0 Å². The van der Waals surface area contributed by atoms with E-state index in [-0.39, 0.29) is 0 Å². The molecule has 6 heteroatoms. The van der Waals surface area contributed by atoms with Crippen molar-refractivity contribution in [3.8, 4) is 0 Å². The van der Waals surface area contributed by atoms with Crippen molar-refractivity contribution in [3.05, 3.63) is 29.1 Å². The highest BCUT2D eigenvalue weighted by Crippen LogP contribution is 2.31. The number of aromatic nitrogens is 1. The third-order valence-corrected chi connectivity index (χ3v) is 1.72. The van der Waals surface area contributed by atoms with E-state index in [1.54, 1.807) is 0 Å². The Morgan fingerprint density at radius 3 is 2.47 bits per heavy atom. The molecule has 0 N–H and O–H groups in total. The maximum absolute atomic E-state index is 12.4. The van der Waals surface area contributed by atoms with Crippen molar-refractivity contribution in [3.63, 3.8) is 0 Å². The molecule has 1 aromatic rings. The molecule has 0 saturated carbocycles. The first-order valence-corrected chi connectivity index (χ1v) is 3.99. The van der Waals surface area contributed by atoms with Gasteiger partial charge >= 0.3 is 12.1 Å². The number of esters is 1. The van der Waals surface area contributed by atoms with Crippen LogP contribution in [-0.2, 0) is 10.9 Å². The summed E-state index contributed by atoms with van der Waals surface area (Å²) in [5.41, 5.74) is -1.46. The molecule has 1 heterocycles. The minimum Gasteiger partial charge on any atom is -0.464 e. The topological polar surface area (TPSA) is 39.2 Å². The second-order valence-corrected chi connectivity index (χ2v) is 2.84. The van der Waals surface area contributed by atoms with Crippen LogP contribution in [0.4, 0.5) is 13.2 Å². The van der Waals surface area contributed by atoms with Crippen LogP contribution in [0.2, 0.25) is 0 Å². The largest absolute Gasteiger partial charge is 0.464 e. The van der Waals surface area contributed by atoms with Crippen molar-refractivity contribution in [1.29, 1.82) is 0 Å². The second-order valence-electron chi connectivity index (χ2n) is 2.84. The number of nitrogens with zero attached hydrogens (tertiary/aromatic N) is 1. The quantitative estimate of drug-likeness (QED) is 0.679. The first kappa shape index (κ1) is 11.5. The highest BCUT2D eigenvalue weighted by molar-refractivity contribution is 5.89. The molecule has 0 aliphatic heterocycles. The highest BCUT2D eigenvalue weighted by Gasteiger charge is 2.36. The summed E-state index contributed by atoms with van der Waals surface area (Å²) >= 11 is 0. The van der Waals surface area contributed by atoms with E-state index in [4.69, 9.17) is 0 Å². The molecule has 1 aromatic heterocycles. The lowest BCUT2D eigenvalue weighted by Crippen LogP contribution is -2.16. The molecule has 0 aliphatic carbocycles. The zero-order chi connectivity index (χ0) is 11.6. The van der Waals surface area contributed by atoms with Crippen LogP contribution in [0.3, 0.4) is 0 Å². The standard InChI is InChI=1S/C9H8F3NO2/c1-5-3-4-6(9(10,11)12)7(13-5)8(14)15-2/h3-4H,1-2H3. The number of aryl methyl sites for hydroxylation is 1. The third-order valence-electron chi connectivity index (χ3n) is 1.72. The van der Waals surface area contributed by atoms with Crippen LogP contribution >= 0.6 is 0 Å². The number of hydrogen-bond donors (Lipinski definition) is 0. The smallest absolute Gasteiger partial charge is 0.418 e. The summed E-state index contributed by atoms with van der Waals surface area (Å²) in [4.78, 5) is 14.6. The van der Waals surface area contributed by atoms with Crippen LogP contribution in [0, 0.1) is 6.92 Å². The Morgan fingerprint density at radius 1 is 1.40 bits per heavy atom. The van der Waals surface area contributed by atoms with Gasteiger partial charge in [0, 0.05) is 5.69 Å². The molecule has 0 saturated heterocycles. The number of ether oxygens (including phenoxy) is 1. The lowest BCUT2D eigenvalue weighted by molar-refractivity contribution is -0.138. The first-order chi connectivity index (χ1) is 6.86. The molecular weight excluding hydrogens is 211 g/mol. The second kappa shape index (κ2) is 3.88. The van der Waals surface area contributed by atoms with Gasteiger partial charge < -0.3 is 4.74 Å². The van der Waals surface area contributed by atoms with E-state index in [2.05, 4.69) is 9.72 Å². The van der Waals surface area contributed by atoms with Gasteiger partial charge in [-0.2, -0.15) is 13.2 Å². The zero-order valence-electron chi connectivity index (χ0n) is 8.05. The molecule has 15 heavy (non-hydrogen) atoms. The summed E-state index contributed by atoms with van der Waals surface area (Å²) in [5, 5.41) is 0. The molecular formula is C9H8F3NO2. The van der Waals surface area contributed by atoms with Gasteiger partial charge in [0.05, 0.1) is 12.7 Å². The number of pyridine rings is 1. The van der Waals surface area contributed by atoms with E-state index in [1.165, 1.54) is 13.0 Å². The summed E-state index contributed by atoms with van der Waals surface area (Å²) in [6, 6.07) is 2.00. The number of halogens is 3. The fraction of sp³-hybridized carbons (Fsp3) is 0.333. The molecule has 0 unspecified atom stereocenters. The molecule has 0 fully saturated rings. The Hall–Kier alpha value is -1.59. The average molecular weight is 219 g/mol. The Bertz CT molecular complexity index is 387. The van der Waals surface area contributed by atoms with E-state index in [0.717, 1.165) is 13.2 Å². The van der Waals surface area contributed by atoms with Crippen molar-refractivity contribution < 1.29 is 22.7 Å². The van der Waals surface area contributed by atoms with E-state index in [9.17, 15) is 18.0 Å². The summed E-state index contributed by atoms with van der Waals surface area (Å²) in [6.07, 6.45) is -4.61. The van der Waals surface area contributed by atoms with Crippen molar-refractivity contribution in [2.45, 2.75) is 13.1 Å².